The fourth-order valence-electron chi connectivity index (χ4n) is 1.51. The van der Waals surface area contributed by atoms with Crippen molar-refractivity contribution in [2.24, 2.45) is 0 Å². The first kappa shape index (κ1) is 15.1. The van der Waals surface area contributed by atoms with E-state index in [1.807, 2.05) is 4.72 Å². The maximum absolute atomic E-state index is 13.4. The Morgan fingerprint density at radius 1 is 1.19 bits per heavy atom. The third-order valence-electron chi connectivity index (χ3n) is 2.29. The highest BCUT2D eigenvalue weighted by Gasteiger charge is 2.20. The molecular formula is C12H9F3N2O3S. The Morgan fingerprint density at radius 3 is 2.62 bits per heavy atom. The van der Waals surface area contributed by atoms with Crippen LogP contribution in [0.3, 0.4) is 0 Å². The minimum atomic E-state index is -4.27. The van der Waals surface area contributed by atoms with Crippen LogP contribution in [-0.2, 0) is 10.0 Å². The van der Waals surface area contributed by atoms with E-state index in [-0.39, 0.29) is 11.4 Å². The average molecular weight is 318 g/mol. The molecule has 1 aromatic carbocycles. The zero-order valence-electron chi connectivity index (χ0n) is 10.3. The number of aromatic nitrogens is 1. The molecule has 2 aromatic rings. The van der Waals surface area contributed by atoms with Crippen molar-refractivity contribution in [2.45, 2.75) is 11.6 Å². The quantitative estimate of drug-likeness (QED) is 0.920. The molecule has 2 rings (SSSR count). The Balaban J connectivity index is 2.27. The third-order valence-corrected chi connectivity index (χ3v) is 3.60. The van der Waals surface area contributed by atoms with Crippen molar-refractivity contribution in [3.63, 3.8) is 0 Å². The molecule has 0 unspecified atom stereocenters. The van der Waals surface area contributed by atoms with Crippen LogP contribution in [0.4, 0.5) is 18.9 Å². The smallest absolute Gasteiger partial charge is 0.387 e. The first-order valence-corrected chi connectivity index (χ1v) is 7.05. The first-order valence-electron chi connectivity index (χ1n) is 5.57. The number of hydrogen-bond donors (Lipinski definition) is 1. The van der Waals surface area contributed by atoms with Gasteiger partial charge in [0.2, 0.25) is 5.03 Å². The normalized spacial score (nSPS) is 11.4. The van der Waals surface area contributed by atoms with Gasteiger partial charge in [-0.1, -0.05) is 6.07 Å². The molecule has 0 aliphatic carbocycles. The molecule has 0 atom stereocenters. The number of hydrogen-bond acceptors (Lipinski definition) is 4. The van der Waals surface area contributed by atoms with Gasteiger partial charge in [0.05, 0.1) is 5.69 Å². The molecule has 5 nitrogen and oxygen atoms in total. The van der Waals surface area contributed by atoms with Crippen LogP contribution >= 0.6 is 0 Å². The second-order valence-corrected chi connectivity index (χ2v) is 5.40. The van der Waals surface area contributed by atoms with Crippen LogP contribution in [0.1, 0.15) is 0 Å². The number of alkyl halides is 2. The monoisotopic (exact) mass is 318 g/mol. The van der Waals surface area contributed by atoms with Gasteiger partial charge in [-0.2, -0.15) is 17.2 Å². The van der Waals surface area contributed by atoms with E-state index in [0.717, 1.165) is 18.3 Å². The lowest BCUT2D eigenvalue weighted by atomic mass is 10.3. The predicted molar refractivity (Wildman–Crippen MR) is 68.1 cm³/mol. The Bertz CT molecular complexity index is 738. The number of anilines is 1. The zero-order chi connectivity index (χ0) is 15.5. The molecule has 0 aliphatic rings. The van der Waals surface area contributed by atoms with E-state index < -0.39 is 27.5 Å². The van der Waals surface area contributed by atoms with E-state index in [4.69, 9.17) is 0 Å². The average Bonchev–Trinajstić information content (AvgIpc) is 2.38. The molecule has 0 saturated heterocycles. The van der Waals surface area contributed by atoms with Crippen LogP contribution in [0.15, 0.2) is 47.6 Å². The van der Waals surface area contributed by atoms with Crippen molar-refractivity contribution in [3.05, 3.63) is 48.4 Å². The molecule has 0 amide bonds. The van der Waals surface area contributed by atoms with Gasteiger partial charge in [-0.05, 0) is 24.3 Å². The lowest BCUT2D eigenvalue weighted by Gasteiger charge is -2.09. The highest BCUT2D eigenvalue weighted by Crippen LogP contribution is 2.22. The van der Waals surface area contributed by atoms with Crippen molar-refractivity contribution in [2.75, 3.05) is 4.72 Å². The van der Waals surface area contributed by atoms with Gasteiger partial charge < -0.3 is 4.74 Å². The summed E-state index contributed by atoms with van der Waals surface area (Å²) in [5, 5.41) is -0.787. The Morgan fingerprint density at radius 2 is 1.95 bits per heavy atom. The van der Waals surface area contributed by atoms with Crippen LogP contribution in [-0.4, -0.2) is 20.0 Å². The molecule has 0 spiro atoms. The van der Waals surface area contributed by atoms with Crippen LogP contribution < -0.4 is 9.46 Å². The third kappa shape index (κ3) is 3.85. The highest BCUT2D eigenvalue weighted by atomic mass is 32.2. The molecular weight excluding hydrogens is 309 g/mol. The van der Waals surface area contributed by atoms with E-state index in [1.54, 1.807) is 0 Å². The molecule has 1 N–H and O–H groups in total. The van der Waals surface area contributed by atoms with Gasteiger partial charge in [0.1, 0.15) is 5.75 Å². The van der Waals surface area contributed by atoms with E-state index in [1.165, 1.54) is 24.3 Å². The number of benzene rings is 1. The van der Waals surface area contributed by atoms with Gasteiger partial charge in [0, 0.05) is 12.3 Å². The van der Waals surface area contributed by atoms with Crippen LogP contribution in [0.2, 0.25) is 0 Å². The number of nitrogens with one attached hydrogen (secondary N) is 1. The van der Waals surface area contributed by atoms with Crippen molar-refractivity contribution in [1.82, 2.24) is 4.98 Å². The van der Waals surface area contributed by atoms with Gasteiger partial charge in [-0.15, -0.1) is 0 Å². The van der Waals surface area contributed by atoms with Crippen molar-refractivity contribution in [3.8, 4) is 5.75 Å². The second kappa shape index (κ2) is 6.00. The molecule has 21 heavy (non-hydrogen) atoms. The van der Waals surface area contributed by atoms with E-state index >= 15 is 0 Å². The number of rotatable bonds is 5. The molecule has 1 heterocycles. The summed E-state index contributed by atoms with van der Waals surface area (Å²) < 4.78 is 67.7. The molecule has 0 bridgehead atoms. The van der Waals surface area contributed by atoms with E-state index in [9.17, 15) is 21.6 Å². The van der Waals surface area contributed by atoms with Crippen molar-refractivity contribution in [1.29, 1.82) is 0 Å². The van der Waals surface area contributed by atoms with Gasteiger partial charge in [-0.3, -0.25) is 4.72 Å². The number of ether oxygens (including phenoxy) is 1. The van der Waals surface area contributed by atoms with Crippen molar-refractivity contribution >= 4 is 15.7 Å². The fraction of sp³-hybridized carbons (Fsp3) is 0.0833. The molecule has 0 aliphatic heterocycles. The molecule has 1 aromatic heterocycles. The fourth-order valence-corrected chi connectivity index (χ4v) is 2.57. The molecule has 0 saturated carbocycles. The summed E-state index contributed by atoms with van der Waals surface area (Å²) in [6, 6.07) is 7.07. The molecule has 9 heteroatoms. The zero-order valence-corrected chi connectivity index (χ0v) is 11.1. The van der Waals surface area contributed by atoms with Crippen molar-refractivity contribution < 1.29 is 26.3 Å². The Kier molecular flexibility index (Phi) is 4.32. The number of nitrogens with zero attached hydrogens (tertiary/aromatic N) is 1. The number of pyridine rings is 1. The van der Waals surface area contributed by atoms with Crippen LogP contribution in [0.5, 0.6) is 5.75 Å². The summed E-state index contributed by atoms with van der Waals surface area (Å²) in [5.74, 6) is -1.25. The molecule has 0 radical (unpaired) electrons. The minimum Gasteiger partial charge on any atom is -0.435 e. The number of sulfonamides is 1. The van der Waals surface area contributed by atoms with Gasteiger partial charge in [-0.25, -0.2) is 9.37 Å². The van der Waals surface area contributed by atoms with Crippen LogP contribution in [0.25, 0.3) is 0 Å². The largest absolute Gasteiger partial charge is 0.435 e. The summed E-state index contributed by atoms with van der Waals surface area (Å²) in [4.78, 5) is 3.44. The highest BCUT2D eigenvalue weighted by molar-refractivity contribution is 7.92. The summed E-state index contributed by atoms with van der Waals surface area (Å²) in [7, 11) is -4.27. The molecule has 112 valence electrons. The van der Waals surface area contributed by atoms with Gasteiger partial charge in [0.25, 0.3) is 10.0 Å². The maximum Gasteiger partial charge on any atom is 0.387 e. The van der Waals surface area contributed by atoms with E-state index in [0.29, 0.717) is 0 Å². The standard InChI is InChI=1S/C12H9F3N2O3S/c13-10-5-2-6-16-11(10)21(18,19)17-8-3-1-4-9(7-8)20-12(14)15/h1-7,12,17H. The SMILES string of the molecule is O=S(=O)(Nc1cccc(OC(F)F)c1)c1ncccc1F. The topological polar surface area (TPSA) is 68.3 Å². The van der Waals surface area contributed by atoms with Gasteiger partial charge in [0.15, 0.2) is 5.82 Å². The summed E-state index contributed by atoms with van der Waals surface area (Å²) in [6.07, 6.45) is 1.12. The molecule has 0 fully saturated rings. The lowest BCUT2D eigenvalue weighted by Crippen LogP contribution is -2.16. The minimum absolute atomic E-state index is 0.0572. The van der Waals surface area contributed by atoms with Gasteiger partial charge >= 0.3 is 6.61 Å². The summed E-state index contributed by atoms with van der Waals surface area (Å²) in [6.45, 7) is -3.04. The van der Waals surface area contributed by atoms with E-state index in [2.05, 4.69) is 9.72 Å². The second-order valence-electron chi connectivity index (χ2n) is 3.80. The summed E-state index contributed by atoms with van der Waals surface area (Å²) in [5.41, 5.74) is -0.0572. The lowest BCUT2D eigenvalue weighted by molar-refractivity contribution is -0.0497. The Hall–Kier alpha value is -2.29. The predicted octanol–water partition coefficient (Wildman–Crippen LogP) is 2.62. The van der Waals surface area contributed by atoms with Crippen LogP contribution in [0, 0.1) is 5.82 Å². The number of halogens is 3. The Labute approximate surface area is 118 Å². The first-order chi connectivity index (χ1) is 9.88. The maximum atomic E-state index is 13.4. The summed E-state index contributed by atoms with van der Waals surface area (Å²) >= 11 is 0.